The van der Waals surface area contributed by atoms with E-state index in [2.05, 4.69) is 4.72 Å². The van der Waals surface area contributed by atoms with Crippen molar-refractivity contribution in [2.75, 3.05) is 0 Å². The molecule has 0 spiro atoms. The van der Waals surface area contributed by atoms with Gasteiger partial charge >= 0.3 is 0 Å². The first-order chi connectivity index (χ1) is 9.95. The number of nitrogens with one attached hydrogen (secondary N) is 1. The molecule has 0 aliphatic heterocycles. The van der Waals surface area contributed by atoms with Crippen LogP contribution in [0.15, 0.2) is 53.4 Å². The smallest absolute Gasteiger partial charge is 0.207 e. The predicted octanol–water partition coefficient (Wildman–Crippen LogP) is 3.39. The van der Waals surface area contributed by atoms with Crippen molar-refractivity contribution in [1.29, 1.82) is 0 Å². The minimum absolute atomic E-state index is 0.458. The summed E-state index contributed by atoms with van der Waals surface area (Å²) < 4.78 is 54.1. The summed E-state index contributed by atoms with van der Waals surface area (Å²) in [4.78, 5) is -0.945. The molecule has 1 N–H and O–H groups in total. The number of halogens is 2. The van der Waals surface area contributed by atoms with Crippen molar-refractivity contribution in [2.45, 2.75) is 24.3 Å². The van der Waals surface area contributed by atoms with Crippen LogP contribution in [-0.4, -0.2) is 8.42 Å². The van der Waals surface area contributed by atoms with Crippen LogP contribution < -0.4 is 4.72 Å². The molecule has 2 rings (SSSR count). The molecule has 0 aliphatic rings. The largest absolute Gasteiger partial charge is 0.246 e. The highest BCUT2D eigenvalue weighted by Gasteiger charge is 2.26. The monoisotopic (exact) mass is 311 g/mol. The van der Waals surface area contributed by atoms with Gasteiger partial charge in [-0.05, 0) is 24.1 Å². The molecule has 6 heteroatoms. The fourth-order valence-corrected chi connectivity index (χ4v) is 3.50. The van der Waals surface area contributed by atoms with Crippen molar-refractivity contribution in [3.05, 3.63) is 65.7 Å². The zero-order valence-electron chi connectivity index (χ0n) is 11.4. The molecule has 112 valence electrons. The van der Waals surface area contributed by atoms with Gasteiger partial charge in [-0.25, -0.2) is 21.9 Å². The van der Waals surface area contributed by atoms with E-state index in [1.807, 2.05) is 0 Å². The van der Waals surface area contributed by atoms with Gasteiger partial charge in [0.25, 0.3) is 0 Å². The molecule has 1 atom stereocenters. The summed E-state index contributed by atoms with van der Waals surface area (Å²) in [5, 5.41) is 0. The molecule has 0 aromatic heterocycles. The van der Waals surface area contributed by atoms with Crippen LogP contribution in [-0.2, 0) is 10.0 Å². The van der Waals surface area contributed by atoms with Gasteiger partial charge in [-0.3, -0.25) is 0 Å². The van der Waals surface area contributed by atoms with E-state index in [0.29, 0.717) is 6.42 Å². The molecule has 0 bridgehead atoms. The minimum Gasteiger partial charge on any atom is -0.207 e. The van der Waals surface area contributed by atoms with E-state index < -0.39 is 32.6 Å². The van der Waals surface area contributed by atoms with E-state index >= 15 is 0 Å². The minimum atomic E-state index is -4.28. The third kappa shape index (κ3) is 3.46. The Morgan fingerprint density at radius 2 is 1.57 bits per heavy atom. The maximum Gasteiger partial charge on any atom is 0.246 e. The number of hydrogen-bond donors (Lipinski definition) is 1. The molecule has 0 heterocycles. The van der Waals surface area contributed by atoms with Crippen molar-refractivity contribution in [2.24, 2.45) is 0 Å². The highest BCUT2D eigenvalue weighted by molar-refractivity contribution is 7.89. The molecular weight excluding hydrogens is 296 g/mol. The molecule has 0 saturated carbocycles. The Labute approximate surface area is 122 Å². The lowest BCUT2D eigenvalue weighted by Gasteiger charge is -2.18. The zero-order valence-corrected chi connectivity index (χ0v) is 12.2. The number of hydrogen-bond acceptors (Lipinski definition) is 2. The standard InChI is InChI=1S/C15H15F2NO2S/c1-2-14(11-7-4-3-5-8-11)18-21(19,20)15-12(16)9-6-10-13(15)17/h3-10,14,18H,2H2,1H3. The Hall–Kier alpha value is -1.79. The third-order valence-corrected chi connectivity index (χ3v) is 4.62. The summed E-state index contributed by atoms with van der Waals surface area (Å²) in [6.45, 7) is 1.79. The highest BCUT2D eigenvalue weighted by Crippen LogP contribution is 2.23. The Balaban J connectivity index is 2.37. The maximum absolute atomic E-state index is 13.6. The van der Waals surface area contributed by atoms with Crippen molar-refractivity contribution in [3.63, 3.8) is 0 Å². The molecule has 0 fully saturated rings. The summed E-state index contributed by atoms with van der Waals surface area (Å²) in [5.41, 5.74) is 0.736. The number of sulfonamides is 1. The van der Waals surface area contributed by atoms with Crippen molar-refractivity contribution in [1.82, 2.24) is 4.72 Å². The molecule has 0 amide bonds. The molecule has 3 nitrogen and oxygen atoms in total. The van der Waals surface area contributed by atoms with Gasteiger partial charge in [-0.15, -0.1) is 0 Å². The van der Waals surface area contributed by atoms with Gasteiger partial charge in [0.15, 0.2) is 4.90 Å². The first-order valence-corrected chi connectivity index (χ1v) is 7.95. The van der Waals surface area contributed by atoms with E-state index in [4.69, 9.17) is 0 Å². The lowest BCUT2D eigenvalue weighted by Crippen LogP contribution is -2.29. The van der Waals surface area contributed by atoms with Crippen molar-refractivity contribution in [3.8, 4) is 0 Å². The number of rotatable bonds is 5. The van der Waals surface area contributed by atoms with Crippen LogP contribution >= 0.6 is 0 Å². The van der Waals surface area contributed by atoms with Crippen LogP contribution in [0.2, 0.25) is 0 Å². The molecule has 2 aromatic rings. The molecule has 0 aliphatic carbocycles. The van der Waals surface area contributed by atoms with Crippen LogP contribution in [0.4, 0.5) is 8.78 Å². The van der Waals surface area contributed by atoms with E-state index in [1.54, 1.807) is 37.3 Å². The average Bonchev–Trinajstić information content (AvgIpc) is 2.45. The van der Waals surface area contributed by atoms with Crippen LogP contribution in [0.3, 0.4) is 0 Å². The van der Waals surface area contributed by atoms with Crippen molar-refractivity contribution >= 4 is 10.0 Å². The molecule has 0 radical (unpaired) electrons. The molecule has 2 aromatic carbocycles. The molecule has 1 unspecified atom stereocenters. The Morgan fingerprint density at radius 3 is 2.10 bits per heavy atom. The molecular formula is C15H15F2NO2S. The summed E-state index contributed by atoms with van der Waals surface area (Å²) in [6, 6.07) is 11.3. The van der Waals surface area contributed by atoms with Gasteiger partial charge in [0.1, 0.15) is 11.6 Å². The Morgan fingerprint density at radius 1 is 1.00 bits per heavy atom. The van der Waals surface area contributed by atoms with Crippen molar-refractivity contribution < 1.29 is 17.2 Å². The molecule has 21 heavy (non-hydrogen) atoms. The average molecular weight is 311 g/mol. The first kappa shape index (κ1) is 15.6. The van der Waals surface area contributed by atoms with Crippen LogP contribution in [0.25, 0.3) is 0 Å². The second-order valence-electron chi connectivity index (χ2n) is 4.54. The lowest BCUT2D eigenvalue weighted by atomic mass is 10.1. The Bertz CT molecular complexity index is 697. The first-order valence-electron chi connectivity index (χ1n) is 6.47. The third-order valence-electron chi connectivity index (χ3n) is 3.10. The lowest BCUT2D eigenvalue weighted by molar-refractivity contribution is 0.504. The summed E-state index contributed by atoms with van der Waals surface area (Å²) in [6.07, 6.45) is 0.458. The summed E-state index contributed by atoms with van der Waals surface area (Å²) >= 11 is 0. The fourth-order valence-electron chi connectivity index (χ4n) is 2.06. The van der Waals surface area contributed by atoms with Crippen LogP contribution in [0.5, 0.6) is 0 Å². The van der Waals surface area contributed by atoms with Gasteiger partial charge in [0, 0.05) is 6.04 Å². The normalized spacial score (nSPS) is 13.1. The van der Waals surface area contributed by atoms with Crippen LogP contribution in [0.1, 0.15) is 24.9 Å². The van der Waals surface area contributed by atoms with E-state index in [9.17, 15) is 17.2 Å². The van der Waals surface area contributed by atoms with E-state index in [0.717, 1.165) is 23.8 Å². The quantitative estimate of drug-likeness (QED) is 0.920. The highest BCUT2D eigenvalue weighted by atomic mass is 32.2. The second kappa shape index (κ2) is 6.32. The second-order valence-corrected chi connectivity index (χ2v) is 6.19. The van der Waals surface area contributed by atoms with Gasteiger partial charge in [0.2, 0.25) is 10.0 Å². The SMILES string of the molecule is CCC(NS(=O)(=O)c1c(F)cccc1F)c1ccccc1. The summed E-state index contributed by atoms with van der Waals surface area (Å²) in [5.74, 6) is -2.21. The van der Waals surface area contributed by atoms with Gasteiger partial charge in [-0.1, -0.05) is 43.3 Å². The van der Waals surface area contributed by atoms with Gasteiger partial charge in [-0.2, -0.15) is 0 Å². The number of benzene rings is 2. The van der Waals surface area contributed by atoms with E-state index in [-0.39, 0.29) is 0 Å². The van der Waals surface area contributed by atoms with Gasteiger partial charge in [0.05, 0.1) is 0 Å². The Kier molecular flexibility index (Phi) is 4.69. The maximum atomic E-state index is 13.6. The zero-order chi connectivity index (χ0) is 15.5. The van der Waals surface area contributed by atoms with Gasteiger partial charge < -0.3 is 0 Å². The predicted molar refractivity (Wildman–Crippen MR) is 76.2 cm³/mol. The molecule has 0 saturated heterocycles. The topological polar surface area (TPSA) is 46.2 Å². The fraction of sp³-hybridized carbons (Fsp3) is 0.200. The van der Waals surface area contributed by atoms with E-state index in [1.165, 1.54) is 0 Å². The summed E-state index contributed by atoms with van der Waals surface area (Å²) in [7, 11) is -4.28. The van der Waals surface area contributed by atoms with Crippen LogP contribution in [0, 0.1) is 11.6 Å².